The summed E-state index contributed by atoms with van der Waals surface area (Å²) in [5.74, 6) is 1.04. The number of amides is 1. The number of rotatable bonds is 7. The summed E-state index contributed by atoms with van der Waals surface area (Å²) >= 11 is 5.88. The van der Waals surface area contributed by atoms with E-state index in [2.05, 4.69) is 20.7 Å². The lowest BCUT2D eigenvalue weighted by Gasteiger charge is -2.17. The van der Waals surface area contributed by atoms with Gasteiger partial charge in [-0.1, -0.05) is 30.7 Å². The zero-order valence-corrected chi connectivity index (χ0v) is 15.8. The maximum atomic E-state index is 12.4. The summed E-state index contributed by atoms with van der Waals surface area (Å²) in [5.41, 5.74) is 1.80. The number of ether oxygens (including phenoxy) is 1. The van der Waals surface area contributed by atoms with E-state index in [1.807, 2.05) is 31.2 Å². The van der Waals surface area contributed by atoms with Gasteiger partial charge in [0, 0.05) is 10.6 Å². The quantitative estimate of drug-likeness (QED) is 0.675. The van der Waals surface area contributed by atoms with E-state index < -0.39 is 0 Å². The van der Waals surface area contributed by atoms with Crippen molar-refractivity contribution < 1.29 is 9.53 Å². The van der Waals surface area contributed by atoms with Crippen LogP contribution >= 0.6 is 11.6 Å². The molecule has 1 amide bonds. The standard InChI is InChI=1S/C19H20ClN5O2/c1-3-17(13-6-10-16(27-2)11-7-13)21-18(26)12-25-23-19(22-24-25)14-4-8-15(20)9-5-14/h4-11,17H,3,12H2,1-2H3,(H,21,26). The van der Waals surface area contributed by atoms with Crippen molar-refractivity contribution in [3.8, 4) is 17.1 Å². The molecule has 1 aromatic heterocycles. The minimum atomic E-state index is -0.183. The number of methoxy groups -OCH3 is 1. The van der Waals surface area contributed by atoms with E-state index in [4.69, 9.17) is 16.3 Å². The van der Waals surface area contributed by atoms with Crippen molar-refractivity contribution in [3.05, 3.63) is 59.1 Å². The van der Waals surface area contributed by atoms with Gasteiger partial charge in [0.05, 0.1) is 13.2 Å². The molecule has 1 atom stereocenters. The minimum Gasteiger partial charge on any atom is -0.497 e. The molecule has 1 heterocycles. The summed E-state index contributed by atoms with van der Waals surface area (Å²) in [6.07, 6.45) is 0.763. The molecule has 2 aromatic carbocycles. The molecule has 140 valence electrons. The highest BCUT2D eigenvalue weighted by Gasteiger charge is 2.15. The number of nitrogens with one attached hydrogen (secondary N) is 1. The first-order valence-electron chi connectivity index (χ1n) is 8.56. The number of carbonyl (C=O) groups is 1. The Morgan fingerprint density at radius 2 is 1.89 bits per heavy atom. The van der Waals surface area contributed by atoms with Crippen molar-refractivity contribution in [2.24, 2.45) is 0 Å². The number of benzene rings is 2. The van der Waals surface area contributed by atoms with Crippen molar-refractivity contribution in [3.63, 3.8) is 0 Å². The Hall–Kier alpha value is -2.93. The molecule has 3 aromatic rings. The molecule has 1 unspecified atom stereocenters. The second kappa shape index (κ2) is 8.64. The van der Waals surface area contributed by atoms with Crippen LogP contribution in [0.4, 0.5) is 0 Å². The number of tetrazole rings is 1. The molecule has 0 aliphatic carbocycles. The van der Waals surface area contributed by atoms with E-state index in [-0.39, 0.29) is 18.5 Å². The van der Waals surface area contributed by atoms with Crippen LogP contribution in [0.2, 0.25) is 5.02 Å². The van der Waals surface area contributed by atoms with Gasteiger partial charge >= 0.3 is 0 Å². The molecule has 3 rings (SSSR count). The van der Waals surface area contributed by atoms with Crippen LogP contribution in [0, 0.1) is 0 Å². The van der Waals surface area contributed by atoms with Crippen molar-refractivity contribution in [2.75, 3.05) is 7.11 Å². The van der Waals surface area contributed by atoms with Gasteiger partial charge in [0.1, 0.15) is 12.3 Å². The van der Waals surface area contributed by atoms with Crippen LogP contribution in [0.3, 0.4) is 0 Å². The van der Waals surface area contributed by atoms with Gasteiger partial charge in [-0.2, -0.15) is 4.80 Å². The summed E-state index contributed by atoms with van der Waals surface area (Å²) in [6, 6.07) is 14.7. The lowest BCUT2D eigenvalue weighted by atomic mass is 10.0. The summed E-state index contributed by atoms with van der Waals surface area (Å²) in [6.45, 7) is 2.01. The van der Waals surface area contributed by atoms with E-state index in [1.165, 1.54) is 4.80 Å². The smallest absolute Gasteiger partial charge is 0.244 e. The van der Waals surface area contributed by atoms with Crippen LogP contribution in [0.25, 0.3) is 11.4 Å². The largest absolute Gasteiger partial charge is 0.497 e. The van der Waals surface area contributed by atoms with Gasteiger partial charge in [-0.3, -0.25) is 4.79 Å². The van der Waals surface area contributed by atoms with Crippen LogP contribution in [-0.2, 0) is 11.3 Å². The van der Waals surface area contributed by atoms with Crippen molar-refractivity contribution in [1.29, 1.82) is 0 Å². The van der Waals surface area contributed by atoms with Crippen LogP contribution < -0.4 is 10.1 Å². The Kier molecular flexibility index (Phi) is 6.03. The highest BCUT2D eigenvalue weighted by atomic mass is 35.5. The SMILES string of the molecule is CCC(NC(=O)Cn1nnc(-c2ccc(Cl)cc2)n1)c1ccc(OC)cc1. The molecule has 0 saturated heterocycles. The first-order valence-corrected chi connectivity index (χ1v) is 8.94. The first-order chi connectivity index (χ1) is 13.1. The lowest BCUT2D eigenvalue weighted by molar-refractivity contribution is -0.122. The van der Waals surface area contributed by atoms with Gasteiger partial charge in [0.25, 0.3) is 0 Å². The Balaban J connectivity index is 1.63. The summed E-state index contributed by atoms with van der Waals surface area (Å²) in [7, 11) is 1.62. The van der Waals surface area contributed by atoms with Gasteiger partial charge < -0.3 is 10.1 Å². The van der Waals surface area contributed by atoms with E-state index in [0.717, 1.165) is 23.3 Å². The van der Waals surface area contributed by atoms with Crippen molar-refractivity contribution >= 4 is 17.5 Å². The molecule has 8 heteroatoms. The molecule has 0 bridgehead atoms. The predicted octanol–water partition coefficient (Wildman–Crippen LogP) is 3.27. The van der Waals surface area contributed by atoms with E-state index in [9.17, 15) is 4.79 Å². The molecule has 0 saturated carbocycles. The third-order valence-corrected chi connectivity index (χ3v) is 4.35. The molecule has 0 spiro atoms. The molecule has 0 fully saturated rings. The molecule has 0 aliphatic rings. The van der Waals surface area contributed by atoms with Crippen LogP contribution in [0.5, 0.6) is 5.75 Å². The maximum Gasteiger partial charge on any atom is 0.244 e. The Labute approximate surface area is 162 Å². The number of nitrogens with zero attached hydrogens (tertiary/aromatic N) is 4. The summed E-state index contributed by atoms with van der Waals surface area (Å²) in [4.78, 5) is 13.7. The Morgan fingerprint density at radius 3 is 2.52 bits per heavy atom. The summed E-state index contributed by atoms with van der Waals surface area (Å²) in [5, 5.41) is 15.8. The third kappa shape index (κ3) is 4.83. The zero-order valence-electron chi connectivity index (χ0n) is 15.1. The number of hydrogen-bond donors (Lipinski definition) is 1. The Bertz CT molecular complexity index is 893. The molecular weight excluding hydrogens is 366 g/mol. The van der Waals surface area contributed by atoms with E-state index in [1.54, 1.807) is 31.4 Å². The van der Waals surface area contributed by atoms with Crippen LogP contribution in [0.1, 0.15) is 24.9 Å². The molecule has 1 N–H and O–H groups in total. The second-order valence-electron chi connectivity index (χ2n) is 5.95. The number of carbonyl (C=O) groups excluding carboxylic acids is 1. The van der Waals surface area contributed by atoms with Gasteiger partial charge in [0.2, 0.25) is 11.7 Å². The number of hydrogen-bond acceptors (Lipinski definition) is 5. The number of aromatic nitrogens is 4. The molecular formula is C19H20ClN5O2. The predicted molar refractivity (Wildman–Crippen MR) is 102 cm³/mol. The molecule has 27 heavy (non-hydrogen) atoms. The Morgan fingerprint density at radius 1 is 1.19 bits per heavy atom. The van der Waals surface area contributed by atoms with Crippen LogP contribution in [0.15, 0.2) is 48.5 Å². The van der Waals surface area contributed by atoms with E-state index in [0.29, 0.717) is 10.8 Å². The average Bonchev–Trinajstić information content (AvgIpc) is 3.15. The average molecular weight is 386 g/mol. The second-order valence-corrected chi connectivity index (χ2v) is 6.39. The van der Waals surface area contributed by atoms with Gasteiger partial charge in [-0.05, 0) is 53.6 Å². The highest BCUT2D eigenvalue weighted by Crippen LogP contribution is 2.20. The van der Waals surface area contributed by atoms with E-state index >= 15 is 0 Å². The van der Waals surface area contributed by atoms with Crippen molar-refractivity contribution in [1.82, 2.24) is 25.5 Å². The van der Waals surface area contributed by atoms with Gasteiger partial charge in [-0.25, -0.2) is 0 Å². The van der Waals surface area contributed by atoms with Gasteiger partial charge in [0.15, 0.2) is 0 Å². The number of halogens is 1. The molecule has 7 nitrogen and oxygen atoms in total. The molecule has 0 aliphatic heterocycles. The topological polar surface area (TPSA) is 81.9 Å². The fourth-order valence-corrected chi connectivity index (χ4v) is 2.78. The van der Waals surface area contributed by atoms with Crippen molar-refractivity contribution in [2.45, 2.75) is 25.9 Å². The zero-order chi connectivity index (χ0) is 19.2. The first kappa shape index (κ1) is 18.8. The highest BCUT2D eigenvalue weighted by molar-refractivity contribution is 6.30. The monoisotopic (exact) mass is 385 g/mol. The molecule has 0 radical (unpaired) electrons. The van der Waals surface area contributed by atoms with Gasteiger partial charge in [-0.15, -0.1) is 10.2 Å². The maximum absolute atomic E-state index is 12.4. The normalized spacial score (nSPS) is 11.8. The lowest BCUT2D eigenvalue weighted by Crippen LogP contribution is -2.32. The minimum absolute atomic E-state index is 0.00670. The van der Waals surface area contributed by atoms with Crippen LogP contribution in [-0.4, -0.2) is 33.2 Å². The fourth-order valence-electron chi connectivity index (χ4n) is 2.65. The fraction of sp³-hybridized carbons (Fsp3) is 0.263. The summed E-state index contributed by atoms with van der Waals surface area (Å²) < 4.78 is 5.17. The third-order valence-electron chi connectivity index (χ3n) is 4.10.